The minimum atomic E-state index is -1.19. The first-order valence-electron chi connectivity index (χ1n) is 10.4. The third-order valence-corrected chi connectivity index (χ3v) is 10.2. The van der Waals surface area contributed by atoms with E-state index in [1.54, 1.807) is 40.1 Å². The molecule has 0 spiro atoms. The average molecular weight is 479 g/mol. The lowest BCUT2D eigenvalue weighted by atomic mass is 9.80. The molecular weight excluding hydrogens is 456 g/mol. The zero-order valence-corrected chi connectivity index (χ0v) is 20.7. The van der Waals surface area contributed by atoms with E-state index in [-0.39, 0.29) is 11.1 Å². The zero-order chi connectivity index (χ0) is 22.8. The van der Waals surface area contributed by atoms with E-state index in [0.717, 1.165) is 16.0 Å². The Hall–Kier alpha value is -2.66. The SMILES string of the molecule is CC1CC(C)(C)N(C)c2ccc(-c3cc4sc5cc(C=C(C#N)C(=O)O)sc5c4s3)cc21. The maximum Gasteiger partial charge on any atom is 0.346 e. The minimum Gasteiger partial charge on any atom is -0.477 e. The second-order valence-electron chi connectivity index (χ2n) is 8.97. The Kier molecular flexibility index (Phi) is 4.93. The summed E-state index contributed by atoms with van der Waals surface area (Å²) in [6.45, 7) is 6.93. The van der Waals surface area contributed by atoms with Crippen molar-refractivity contribution < 1.29 is 9.90 Å². The van der Waals surface area contributed by atoms with Gasteiger partial charge < -0.3 is 10.0 Å². The number of nitriles is 1. The maximum atomic E-state index is 11.2. The van der Waals surface area contributed by atoms with Crippen LogP contribution in [-0.4, -0.2) is 23.7 Å². The molecule has 1 unspecified atom stereocenters. The zero-order valence-electron chi connectivity index (χ0n) is 18.2. The summed E-state index contributed by atoms with van der Waals surface area (Å²) in [6, 6.07) is 12.8. The lowest BCUT2D eigenvalue weighted by Gasteiger charge is -2.45. The van der Waals surface area contributed by atoms with Crippen molar-refractivity contribution in [3.63, 3.8) is 0 Å². The van der Waals surface area contributed by atoms with E-state index >= 15 is 0 Å². The molecular formula is C25H22N2O2S3. The fraction of sp³-hybridized carbons (Fsp3) is 0.280. The van der Waals surface area contributed by atoms with Gasteiger partial charge in [0.1, 0.15) is 11.6 Å². The predicted octanol–water partition coefficient (Wildman–Crippen LogP) is 7.56. The number of aliphatic carboxylic acids is 1. The first kappa shape index (κ1) is 21.2. The Labute approximate surface area is 198 Å². The number of carbonyl (C=O) groups is 1. The van der Waals surface area contributed by atoms with Crippen LogP contribution in [0, 0.1) is 11.3 Å². The van der Waals surface area contributed by atoms with Gasteiger partial charge in [-0.25, -0.2) is 4.79 Å². The van der Waals surface area contributed by atoms with E-state index in [1.165, 1.54) is 41.9 Å². The summed E-state index contributed by atoms with van der Waals surface area (Å²) in [5.74, 6) is -0.678. The molecule has 1 aromatic carbocycles. The lowest BCUT2D eigenvalue weighted by Crippen LogP contribution is -2.45. The Morgan fingerprint density at radius 3 is 2.62 bits per heavy atom. The number of hydrogen-bond acceptors (Lipinski definition) is 6. The van der Waals surface area contributed by atoms with E-state index in [4.69, 9.17) is 10.4 Å². The molecule has 1 N–H and O–H groups in total. The van der Waals surface area contributed by atoms with Crippen molar-refractivity contribution >= 4 is 70.5 Å². The highest BCUT2D eigenvalue weighted by atomic mass is 32.1. The molecule has 0 bridgehead atoms. The molecule has 0 saturated carbocycles. The van der Waals surface area contributed by atoms with Crippen LogP contribution >= 0.6 is 34.0 Å². The van der Waals surface area contributed by atoms with Gasteiger partial charge in [0.15, 0.2) is 0 Å². The molecule has 4 heterocycles. The molecule has 0 saturated heterocycles. The molecule has 0 aliphatic carbocycles. The molecule has 32 heavy (non-hydrogen) atoms. The monoisotopic (exact) mass is 478 g/mol. The molecule has 0 radical (unpaired) electrons. The molecule has 162 valence electrons. The molecule has 3 aromatic heterocycles. The van der Waals surface area contributed by atoms with Crippen molar-refractivity contribution in [1.29, 1.82) is 5.26 Å². The second kappa shape index (κ2) is 7.45. The smallest absolute Gasteiger partial charge is 0.346 e. The quantitative estimate of drug-likeness (QED) is 0.244. The van der Waals surface area contributed by atoms with Gasteiger partial charge in [0.25, 0.3) is 0 Å². The molecule has 4 aromatic rings. The van der Waals surface area contributed by atoms with Crippen molar-refractivity contribution in [3.8, 4) is 16.5 Å². The predicted molar refractivity (Wildman–Crippen MR) is 137 cm³/mol. The normalized spacial score (nSPS) is 18.2. The van der Waals surface area contributed by atoms with Crippen LogP contribution in [0.4, 0.5) is 5.69 Å². The molecule has 1 aliphatic heterocycles. The number of fused-ring (bicyclic) bond motifs is 4. The van der Waals surface area contributed by atoms with Crippen LogP contribution in [0.3, 0.4) is 0 Å². The summed E-state index contributed by atoms with van der Waals surface area (Å²) in [5.41, 5.74) is 3.90. The van der Waals surface area contributed by atoms with Gasteiger partial charge in [0.05, 0.1) is 9.40 Å². The maximum absolute atomic E-state index is 11.2. The average Bonchev–Trinajstić information content (AvgIpc) is 3.40. The molecule has 0 amide bonds. The van der Waals surface area contributed by atoms with Crippen molar-refractivity contribution in [2.45, 2.75) is 38.6 Å². The molecule has 5 rings (SSSR count). The fourth-order valence-electron chi connectivity index (χ4n) is 4.58. The third-order valence-electron chi connectivity index (χ3n) is 6.40. The fourth-order valence-corrected chi connectivity index (χ4v) is 8.55. The van der Waals surface area contributed by atoms with E-state index in [2.05, 4.69) is 57.0 Å². The topological polar surface area (TPSA) is 64.3 Å². The largest absolute Gasteiger partial charge is 0.477 e. The number of anilines is 1. The number of hydrogen-bond donors (Lipinski definition) is 1. The lowest BCUT2D eigenvalue weighted by molar-refractivity contribution is -0.132. The number of benzene rings is 1. The van der Waals surface area contributed by atoms with E-state index in [9.17, 15) is 4.79 Å². The van der Waals surface area contributed by atoms with Gasteiger partial charge >= 0.3 is 5.97 Å². The number of nitrogens with zero attached hydrogens (tertiary/aromatic N) is 2. The summed E-state index contributed by atoms with van der Waals surface area (Å²) in [5, 5.41) is 18.2. The van der Waals surface area contributed by atoms with Gasteiger partial charge in [0, 0.05) is 37.4 Å². The Bertz CT molecular complexity index is 1460. The van der Waals surface area contributed by atoms with Gasteiger partial charge in [-0.15, -0.1) is 34.0 Å². The van der Waals surface area contributed by atoms with E-state index in [0.29, 0.717) is 5.92 Å². The number of thiophene rings is 3. The number of rotatable bonds is 3. The van der Waals surface area contributed by atoms with Gasteiger partial charge in [0.2, 0.25) is 0 Å². The Morgan fingerprint density at radius 1 is 1.19 bits per heavy atom. The van der Waals surface area contributed by atoms with Crippen LogP contribution in [0.5, 0.6) is 0 Å². The highest BCUT2D eigenvalue weighted by molar-refractivity contribution is 7.39. The minimum absolute atomic E-state index is 0.155. The van der Waals surface area contributed by atoms with Crippen LogP contribution in [0.25, 0.3) is 35.3 Å². The summed E-state index contributed by atoms with van der Waals surface area (Å²) in [4.78, 5) is 15.6. The molecule has 1 aliphatic rings. The van der Waals surface area contributed by atoms with E-state index < -0.39 is 5.97 Å². The van der Waals surface area contributed by atoms with Crippen LogP contribution in [0.2, 0.25) is 0 Å². The van der Waals surface area contributed by atoms with Crippen LogP contribution < -0.4 is 4.90 Å². The van der Waals surface area contributed by atoms with Crippen molar-refractivity contribution in [3.05, 3.63) is 46.3 Å². The van der Waals surface area contributed by atoms with Crippen LogP contribution in [0.1, 0.15) is 43.6 Å². The van der Waals surface area contributed by atoms with Gasteiger partial charge in [-0.2, -0.15) is 5.26 Å². The second-order valence-corrected chi connectivity index (χ2v) is 12.2. The first-order chi connectivity index (χ1) is 15.2. The van der Waals surface area contributed by atoms with Gasteiger partial charge in [-0.3, -0.25) is 0 Å². The number of carboxylic acids is 1. The Balaban J connectivity index is 1.55. The molecule has 7 heteroatoms. The summed E-state index contributed by atoms with van der Waals surface area (Å²) < 4.78 is 4.80. The van der Waals surface area contributed by atoms with Crippen molar-refractivity contribution in [2.24, 2.45) is 0 Å². The summed E-state index contributed by atoms with van der Waals surface area (Å²) >= 11 is 5.06. The highest BCUT2D eigenvalue weighted by Gasteiger charge is 2.34. The van der Waals surface area contributed by atoms with Crippen molar-refractivity contribution in [1.82, 2.24) is 0 Å². The van der Waals surface area contributed by atoms with Crippen LogP contribution in [-0.2, 0) is 4.79 Å². The van der Waals surface area contributed by atoms with E-state index in [1.807, 2.05) is 6.07 Å². The van der Waals surface area contributed by atoms with Crippen molar-refractivity contribution in [2.75, 3.05) is 11.9 Å². The van der Waals surface area contributed by atoms with Gasteiger partial charge in [-0.1, -0.05) is 13.0 Å². The highest BCUT2D eigenvalue weighted by Crippen LogP contribution is 2.48. The summed E-state index contributed by atoms with van der Waals surface area (Å²) in [6.07, 6.45) is 2.59. The van der Waals surface area contributed by atoms with Crippen LogP contribution in [0.15, 0.2) is 35.9 Å². The molecule has 4 nitrogen and oxygen atoms in total. The molecule has 1 atom stereocenters. The third kappa shape index (κ3) is 3.34. The number of carboxylic acid groups (broad SMARTS) is 1. The Morgan fingerprint density at radius 2 is 1.91 bits per heavy atom. The first-order valence-corrected chi connectivity index (χ1v) is 12.8. The molecule has 0 fully saturated rings. The van der Waals surface area contributed by atoms with Gasteiger partial charge in [-0.05, 0) is 67.7 Å². The summed E-state index contributed by atoms with van der Waals surface area (Å²) in [7, 11) is 2.19. The standard InChI is InChI=1S/C25H22N2O2S3/c1-13-11-25(2,3)27(4)18-6-5-14(8-17(13)18)19-10-21-23(32-19)22-20(31-21)9-16(30-22)7-15(12-26)24(28)29/h5-10,13H,11H2,1-4H3,(H,28,29).